The van der Waals surface area contributed by atoms with Gasteiger partial charge in [-0.3, -0.25) is 9.59 Å². The molecule has 2 rings (SSSR count). The zero-order valence-corrected chi connectivity index (χ0v) is 13.5. The molecule has 0 atom stereocenters. The summed E-state index contributed by atoms with van der Waals surface area (Å²) in [6.45, 7) is -0.0254. The van der Waals surface area contributed by atoms with Crippen molar-refractivity contribution >= 4 is 27.5 Å². The molecule has 2 aromatic carbocycles. The Bertz CT molecular complexity index is 818. The van der Waals surface area contributed by atoms with Crippen molar-refractivity contribution < 1.29 is 18.0 Å². The summed E-state index contributed by atoms with van der Waals surface area (Å²) in [7, 11) is -3.63. The molecule has 0 bridgehead atoms. The molecular formula is C16H17N3O4S. The summed E-state index contributed by atoms with van der Waals surface area (Å²) in [6, 6.07) is 14.0. The van der Waals surface area contributed by atoms with Gasteiger partial charge in [-0.25, -0.2) is 13.1 Å². The maximum Gasteiger partial charge on any atom is 0.248 e. The molecule has 2 amide bonds. The monoisotopic (exact) mass is 347 g/mol. The fourth-order valence-corrected chi connectivity index (χ4v) is 2.98. The first kappa shape index (κ1) is 17.6. The summed E-state index contributed by atoms with van der Waals surface area (Å²) in [5.41, 5.74) is 5.96. The molecule has 0 aliphatic rings. The Morgan fingerprint density at radius 2 is 1.58 bits per heavy atom. The molecule has 0 fully saturated rings. The topological polar surface area (TPSA) is 118 Å². The van der Waals surface area contributed by atoms with Crippen LogP contribution in [0.15, 0.2) is 59.5 Å². The predicted molar refractivity (Wildman–Crippen MR) is 89.8 cm³/mol. The molecule has 2 aromatic rings. The van der Waals surface area contributed by atoms with Crippen LogP contribution in [0.25, 0.3) is 0 Å². The SMILES string of the molecule is NC(=O)c1ccc(NC(=O)CCNS(=O)(=O)c2ccccc2)cc1. The van der Waals surface area contributed by atoms with Gasteiger partial charge >= 0.3 is 0 Å². The van der Waals surface area contributed by atoms with Gasteiger partial charge < -0.3 is 11.1 Å². The summed E-state index contributed by atoms with van der Waals surface area (Å²) in [6.07, 6.45) is -0.0242. The summed E-state index contributed by atoms with van der Waals surface area (Å²) in [5.74, 6) is -0.902. The second kappa shape index (κ2) is 7.71. The lowest BCUT2D eigenvalue weighted by Gasteiger charge is -2.08. The van der Waals surface area contributed by atoms with Crippen LogP contribution >= 0.6 is 0 Å². The molecule has 0 unspecified atom stereocenters. The lowest BCUT2D eigenvalue weighted by molar-refractivity contribution is -0.116. The van der Waals surface area contributed by atoms with E-state index in [9.17, 15) is 18.0 Å². The van der Waals surface area contributed by atoms with Crippen LogP contribution in [0.3, 0.4) is 0 Å². The third-order valence-corrected chi connectivity index (χ3v) is 4.63. The van der Waals surface area contributed by atoms with Crippen LogP contribution < -0.4 is 15.8 Å². The molecule has 0 spiro atoms. The molecule has 24 heavy (non-hydrogen) atoms. The highest BCUT2D eigenvalue weighted by atomic mass is 32.2. The highest BCUT2D eigenvalue weighted by Crippen LogP contribution is 2.10. The standard InChI is InChI=1S/C16H17N3O4S/c17-16(21)12-6-8-13(9-7-12)19-15(20)10-11-18-24(22,23)14-4-2-1-3-5-14/h1-9,18H,10-11H2,(H2,17,21)(H,19,20). The number of sulfonamides is 1. The van der Waals surface area contributed by atoms with Crippen LogP contribution in [-0.4, -0.2) is 26.8 Å². The van der Waals surface area contributed by atoms with Crippen molar-refractivity contribution in [1.29, 1.82) is 0 Å². The van der Waals surface area contributed by atoms with E-state index in [0.29, 0.717) is 11.3 Å². The highest BCUT2D eigenvalue weighted by Gasteiger charge is 2.13. The molecular weight excluding hydrogens is 330 g/mol. The largest absolute Gasteiger partial charge is 0.366 e. The zero-order valence-electron chi connectivity index (χ0n) is 12.7. The first-order valence-corrected chi connectivity index (χ1v) is 8.61. The van der Waals surface area contributed by atoms with Gasteiger partial charge in [0, 0.05) is 24.2 Å². The molecule has 7 nitrogen and oxygen atoms in total. The number of nitrogens with two attached hydrogens (primary N) is 1. The number of anilines is 1. The minimum absolute atomic E-state index is 0.0242. The number of benzene rings is 2. The van der Waals surface area contributed by atoms with E-state index in [1.165, 1.54) is 24.3 Å². The number of hydrogen-bond donors (Lipinski definition) is 3. The van der Waals surface area contributed by atoms with E-state index in [1.807, 2.05) is 0 Å². The van der Waals surface area contributed by atoms with Gasteiger partial charge in [-0.1, -0.05) is 18.2 Å². The van der Waals surface area contributed by atoms with Crippen LogP contribution in [0, 0.1) is 0 Å². The summed E-state index contributed by atoms with van der Waals surface area (Å²) in [4.78, 5) is 22.9. The molecule has 0 saturated carbocycles. The quantitative estimate of drug-likeness (QED) is 0.695. The van der Waals surface area contributed by atoms with Crippen LogP contribution in [-0.2, 0) is 14.8 Å². The number of primary amides is 1. The minimum atomic E-state index is -3.63. The van der Waals surface area contributed by atoms with E-state index < -0.39 is 15.9 Å². The van der Waals surface area contributed by atoms with Gasteiger partial charge in [0.25, 0.3) is 0 Å². The number of hydrogen-bond acceptors (Lipinski definition) is 4. The molecule has 0 aromatic heterocycles. The maximum absolute atomic E-state index is 12.0. The van der Waals surface area contributed by atoms with Crippen molar-refractivity contribution in [2.45, 2.75) is 11.3 Å². The Balaban J connectivity index is 1.84. The lowest BCUT2D eigenvalue weighted by atomic mass is 10.2. The molecule has 8 heteroatoms. The first-order valence-electron chi connectivity index (χ1n) is 7.13. The normalized spacial score (nSPS) is 11.0. The van der Waals surface area contributed by atoms with Crippen LogP contribution in [0.5, 0.6) is 0 Å². The summed E-state index contributed by atoms with van der Waals surface area (Å²) >= 11 is 0. The van der Waals surface area contributed by atoms with Gasteiger partial charge in [0.15, 0.2) is 0 Å². The molecule has 4 N–H and O–H groups in total. The van der Waals surface area contributed by atoms with Gasteiger partial charge in [0.2, 0.25) is 21.8 Å². The second-order valence-corrected chi connectivity index (χ2v) is 6.72. The van der Waals surface area contributed by atoms with E-state index >= 15 is 0 Å². The van der Waals surface area contributed by atoms with E-state index in [4.69, 9.17) is 5.73 Å². The van der Waals surface area contributed by atoms with Gasteiger partial charge in [-0.15, -0.1) is 0 Å². The fraction of sp³-hybridized carbons (Fsp3) is 0.125. The summed E-state index contributed by atoms with van der Waals surface area (Å²) < 4.78 is 26.3. The number of nitrogens with one attached hydrogen (secondary N) is 2. The van der Waals surface area contributed by atoms with E-state index in [0.717, 1.165) is 0 Å². The van der Waals surface area contributed by atoms with Crippen LogP contribution in [0.1, 0.15) is 16.8 Å². The Morgan fingerprint density at radius 1 is 0.958 bits per heavy atom. The number of carbonyl (C=O) groups excluding carboxylic acids is 2. The van der Waals surface area contributed by atoms with Crippen molar-refractivity contribution in [1.82, 2.24) is 4.72 Å². The molecule has 0 aliphatic heterocycles. The van der Waals surface area contributed by atoms with Crippen LogP contribution in [0.2, 0.25) is 0 Å². The highest BCUT2D eigenvalue weighted by molar-refractivity contribution is 7.89. The van der Waals surface area contributed by atoms with E-state index in [2.05, 4.69) is 10.0 Å². The second-order valence-electron chi connectivity index (χ2n) is 4.95. The van der Waals surface area contributed by atoms with Crippen molar-refractivity contribution in [3.8, 4) is 0 Å². The lowest BCUT2D eigenvalue weighted by Crippen LogP contribution is -2.27. The first-order chi connectivity index (χ1) is 11.4. The van der Waals surface area contributed by atoms with Crippen molar-refractivity contribution in [3.63, 3.8) is 0 Å². The van der Waals surface area contributed by atoms with Crippen molar-refractivity contribution in [3.05, 3.63) is 60.2 Å². The predicted octanol–water partition coefficient (Wildman–Crippen LogP) is 1.09. The minimum Gasteiger partial charge on any atom is -0.366 e. The molecule has 126 valence electrons. The van der Waals surface area contributed by atoms with Gasteiger partial charge in [-0.2, -0.15) is 0 Å². The van der Waals surface area contributed by atoms with Crippen molar-refractivity contribution in [2.24, 2.45) is 5.73 Å². The third-order valence-electron chi connectivity index (χ3n) is 3.15. The zero-order chi connectivity index (χ0) is 17.6. The van der Waals surface area contributed by atoms with Gasteiger partial charge in [-0.05, 0) is 36.4 Å². The van der Waals surface area contributed by atoms with Gasteiger partial charge in [0.1, 0.15) is 0 Å². The van der Waals surface area contributed by atoms with E-state index in [-0.39, 0.29) is 23.8 Å². The Kier molecular flexibility index (Phi) is 5.67. The van der Waals surface area contributed by atoms with E-state index in [1.54, 1.807) is 30.3 Å². The molecule has 0 saturated heterocycles. The smallest absolute Gasteiger partial charge is 0.248 e. The Hall–Kier alpha value is -2.71. The Morgan fingerprint density at radius 3 is 2.17 bits per heavy atom. The Labute approximate surface area is 139 Å². The number of rotatable bonds is 7. The van der Waals surface area contributed by atoms with Gasteiger partial charge in [0.05, 0.1) is 4.90 Å². The third kappa shape index (κ3) is 4.90. The average molecular weight is 347 g/mol. The average Bonchev–Trinajstić information content (AvgIpc) is 2.56. The van der Waals surface area contributed by atoms with Crippen LogP contribution in [0.4, 0.5) is 5.69 Å². The molecule has 0 radical (unpaired) electrons. The number of carbonyl (C=O) groups is 2. The molecule has 0 heterocycles. The number of amides is 2. The van der Waals surface area contributed by atoms with Crippen molar-refractivity contribution in [2.75, 3.05) is 11.9 Å². The molecule has 0 aliphatic carbocycles. The fourth-order valence-electron chi connectivity index (χ4n) is 1.92. The maximum atomic E-state index is 12.0. The summed E-state index contributed by atoms with van der Waals surface area (Å²) in [5, 5.41) is 2.61.